The highest BCUT2D eigenvalue weighted by atomic mass is 16.3. The molecule has 3 heteroatoms. The Bertz CT molecular complexity index is 215. The average molecular weight is 270 g/mol. The summed E-state index contributed by atoms with van der Waals surface area (Å²) in [5, 5.41) is 13.1. The quantitative estimate of drug-likeness (QED) is 0.676. The third-order valence-corrected chi connectivity index (χ3v) is 4.85. The fourth-order valence-electron chi connectivity index (χ4n) is 3.01. The molecule has 0 radical (unpaired) electrons. The second kappa shape index (κ2) is 8.93. The molecule has 114 valence electrons. The Morgan fingerprint density at radius 1 is 1.16 bits per heavy atom. The Balaban J connectivity index is 2.20. The maximum Gasteiger partial charge on any atom is 0.0499 e. The van der Waals surface area contributed by atoms with Gasteiger partial charge in [0.05, 0.1) is 0 Å². The van der Waals surface area contributed by atoms with Gasteiger partial charge >= 0.3 is 0 Å². The van der Waals surface area contributed by atoms with E-state index in [4.69, 9.17) is 0 Å². The van der Waals surface area contributed by atoms with Gasteiger partial charge in [0.25, 0.3) is 0 Å². The van der Waals surface area contributed by atoms with Gasteiger partial charge in [-0.1, -0.05) is 27.2 Å². The summed E-state index contributed by atoms with van der Waals surface area (Å²) < 4.78 is 0. The first-order chi connectivity index (χ1) is 9.15. The van der Waals surface area contributed by atoms with Crippen molar-refractivity contribution in [2.75, 3.05) is 39.3 Å². The van der Waals surface area contributed by atoms with E-state index < -0.39 is 0 Å². The molecule has 0 amide bonds. The molecule has 19 heavy (non-hydrogen) atoms. The van der Waals surface area contributed by atoms with Crippen molar-refractivity contribution in [1.29, 1.82) is 0 Å². The summed E-state index contributed by atoms with van der Waals surface area (Å²) in [5.74, 6) is 0.697. The standard InChI is InChI=1S/C16H34N2O/c1-4-16(5-2,14-19)13-17-11-15(3)12-18-9-7-6-8-10-18/h15,17,19H,4-14H2,1-3H3. The van der Waals surface area contributed by atoms with Gasteiger partial charge in [0, 0.05) is 25.1 Å². The maximum absolute atomic E-state index is 9.55. The first kappa shape index (κ1) is 16.9. The summed E-state index contributed by atoms with van der Waals surface area (Å²) in [6.07, 6.45) is 6.26. The smallest absolute Gasteiger partial charge is 0.0499 e. The van der Waals surface area contributed by atoms with Crippen LogP contribution >= 0.6 is 0 Å². The van der Waals surface area contributed by atoms with Crippen LogP contribution in [0.3, 0.4) is 0 Å². The molecule has 1 atom stereocenters. The number of aliphatic hydroxyl groups is 1. The molecule has 2 N–H and O–H groups in total. The Labute approximate surface area is 119 Å². The fraction of sp³-hybridized carbons (Fsp3) is 1.00. The van der Waals surface area contributed by atoms with Crippen molar-refractivity contribution in [3.05, 3.63) is 0 Å². The zero-order chi connectivity index (χ0) is 14.1. The molecule has 1 saturated heterocycles. The Hall–Kier alpha value is -0.120. The van der Waals surface area contributed by atoms with Crippen LogP contribution < -0.4 is 5.32 Å². The normalized spacial score (nSPS) is 19.6. The molecular weight excluding hydrogens is 236 g/mol. The molecule has 0 aromatic heterocycles. The lowest BCUT2D eigenvalue weighted by molar-refractivity contribution is 0.111. The molecule has 1 aliphatic rings. The van der Waals surface area contributed by atoms with E-state index in [1.165, 1.54) is 38.9 Å². The Morgan fingerprint density at radius 3 is 2.32 bits per heavy atom. The van der Waals surface area contributed by atoms with Crippen molar-refractivity contribution >= 4 is 0 Å². The number of rotatable bonds is 9. The molecule has 0 saturated carbocycles. The lowest BCUT2D eigenvalue weighted by Gasteiger charge is -2.32. The van der Waals surface area contributed by atoms with Crippen molar-refractivity contribution in [2.24, 2.45) is 11.3 Å². The van der Waals surface area contributed by atoms with E-state index in [1.54, 1.807) is 0 Å². The molecule has 0 aromatic rings. The van der Waals surface area contributed by atoms with E-state index in [1.807, 2.05) is 0 Å². The molecule has 1 rings (SSSR count). The van der Waals surface area contributed by atoms with Gasteiger partial charge in [-0.15, -0.1) is 0 Å². The van der Waals surface area contributed by atoms with Crippen LogP contribution in [0.4, 0.5) is 0 Å². The third kappa shape index (κ3) is 5.80. The van der Waals surface area contributed by atoms with E-state index >= 15 is 0 Å². The topological polar surface area (TPSA) is 35.5 Å². The van der Waals surface area contributed by atoms with Crippen molar-refractivity contribution in [3.8, 4) is 0 Å². The summed E-state index contributed by atoms with van der Waals surface area (Å²) >= 11 is 0. The first-order valence-corrected chi connectivity index (χ1v) is 8.19. The minimum atomic E-state index is 0.0881. The van der Waals surface area contributed by atoms with Crippen LogP contribution in [0, 0.1) is 11.3 Å². The Kier molecular flexibility index (Phi) is 7.96. The Morgan fingerprint density at radius 2 is 1.79 bits per heavy atom. The van der Waals surface area contributed by atoms with Gasteiger partial charge in [-0.05, 0) is 51.2 Å². The molecule has 0 bridgehead atoms. The van der Waals surface area contributed by atoms with Crippen LogP contribution in [-0.2, 0) is 0 Å². The van der Waals surface area contributed by atoms with Crippen LogP contribution in [0.15, 0.2) is 0 Å². The minimum Gasteiger partial charge on any atom is -0.396 e. The molecule has 0 aliphatic carbocycles. The molecule has 1 unspecified atom stereocenters. The van der Waals surface area contributed by atoms with Crippen LogP contribution in [0.1, 0.15) is 52.9 Å². The van der Waals surface area contributed by atoms with Crippen molar-refractivity contribution in [3.63, 3.8) is 0 Å². The van der Waals surface area contributed by atoms with Crippen molar-refractivity contribution in [2.45, 2.75) is 52.9 Å². The highest BCUT2D eigenvalue weighted by Gasteiger charge is 2.24. The number of hydrogen-bond donors (Lipinski definition) is 2. The van der Waals surface area contributed by atoms with Gasteiger partial charge in [0.2, 0.25) is 0 Å². The summed E-state index contributed by atoms with van der Waals surface area (Å²) in [5.41, 5.74) is 0.0881. The number of piperidine rings is 1. The third-order valence-electron chi connectivity index (χ3n) is 4.85. The SMILES string of the molecule is CCC(CC)(CO)CNCC(C)CN1CCCCC1. The van der Waals surface area contributed by atoms with E-state index in [-0.39, 0.29) is 5.41 Å². The molecule has 1 aliphatic heterocycles. The van der Waals surface area contributed by atoms with Crippen molar-refractivity contribution in [1.82, 2.24) is 10.2 Å². The lowest BCUT2D eigenvalue weighted by Crippen LogP contribution is -2.41. The number of likely N-dealkylation sites (tertiary alicyclic amines) is 1. The second-order valence-electron chi connectivity index (χ2n) is 6.46. The molecule has 0 spiro atoms. The van der Waals surface area contributed by atoms with Crippen LogP contribution in [-0.4, -0.2) is 49.3 Å². The fourth-order valence-corrected chi connectivity index (χ4v) is 3.01. The van der Waals surface area contributed by atoms with Gasteiger partial charge in [0.1, 0.15) is 0 Å². The van der Waals surface area contributed by atoms with E-state index in [9.17, 15) is 5.11 Å². The van der Waals surface area contributed by atoms with Gasteiger partial charge in [-0.3, -0.25) is 0 Å². The average Bonchev–Trinajstić information content (AvgIpc) is 2.45. The molecule has 1 heterocycles. The van der Waals surface area contributed by atoms with Gasteiger partial charge in [-0.25, -0.2) is 0 Å². The molecule has 3 nitrogen and oxygen atoms in total. The summed E-state index contributed by atoms with van der Waals surface area (Å²) in [7, 11) is 0. The van der Waals surface area contributed by atoms with E-state index in [0.29, 0.717) is 12.5 Å². The molecular formula is C16H34N2O. The van der Waals surface area contributed by atoms with Gasteiger partial charge < -0.3 is 15.3 Å². The first-order valence-electron chi connectivity index (χ1n) is 8.19. The van der Waals surface area contributed by atoms with Crippen LogP contribution in [0.25, 0.3) is 0 Å². The monoisotopic (exact) mass is 270 g/mol. The molecule has 0 aromatic carbocycles. The molecule has 1 fully saturated rings. The number of nitrogens with zero attached hydrogens (tertiary/aromatic N) is 1. The number of hydrogen-bond acceptors (Lipinski definition) is 3. The maximum atomic E-state index is 9.55. The second-order valence-corrected chi connectivity index (χ2v) is 6.46. The number of nitrogens with one attached hydrogen (secondary N) is 1. The highest BCUT2D eigenvalue weighted by Crippen LogP contribution is 2.24. The zero-order valence-corrected chi connectivity index (χ0v) is 13.2. The largest absolute Gasteiger partial charge is 0.396 e. The van der Waals surface area contributed by atoms with Gasteiger partial charge in [0.15, 0.2) is 0 Å². The zero-order valence-electron chi connectivity index (χ0n) is 13.2. The van der Waals surface area contributed by atoms with Crippen molar-refractivity contribution < 1.29 is 5.11 Å². The summed E-state index contributed by atoms with van der Waals surface area (Å²) in [6, 6.07) is 0. The van der Waals surface area contributed by atoms with Crippen LogP contribution in [0.2, 0.25) is 0 Å². The predicted octanol–water partition coefficient (Wildman–Crippen LogP) is 2.50. The highest BCUT2D eigenvalue weighted by molar-refractivity contribution is 4.79. The summed E-state index contributed by atoms with van der Waals surface area (Å²) in [4.78, 5) is 2.61. The predicted molar refractivity (Wildman–Crippen MR) is 82.4 cm³/mol. The lowest BCUT2D eigenvalue weighted by atomic mass is 9.83. The summed E-state index contributed by atoms with van der Waals surface area (Å²) in [6.45, 7) is 12.8. The number of aliphatic hydroxyl groups excluding tert-OH is 1. The van der Waals surface area contributed by atoms with E-state index in [2.05, 4.69) is 31.0 Å². The minimum absolute atomic E-state index is 0.0881. The van der Waals surface area contributed by atoms with Crippen LogP contribution in [0.5, 0.6) is 0 Å². The van der Waals surface area contributed by atoms with Gasteiger partial charge in [-0.2, -0.15) is 0 Å². The van der Waals surface area contributed by atoms with E-state index in [0.717, 1.165) is 25.9 Å².